The zero-order valence-electron chi connectivity index (χ0n) is 10.6. The molecule has 0 aliphatic heterocycles. The van der Waals surface area contributed by atoms with Gasteiger partial charge in [-0.1, -0.05) is 42.3 Å². The molecule has 1 N–H and O–H groups in total. The molecule has 1 aromatic heterocycles. The molecule has 0 amide bonds. The summed E-state index contributed by atoms with van der Waals surface area (Å²) in [6, 6.07) is 9.87. The maximum atomic E-state index is 12.3. The molecule has 0 spiro atoms. The average Bonchev–Trinajstić information content (AvgIpc) is 2.37. The van der Waals surface area contributed by atoms with Gasteiger partial charge in [0, 0.05) is 5.69 Å². The lowest BCUT2D eigenvalue weighted by molar-refractivity contribution is 0.601. The summed E-state index contributed by atoms with van der Waals surface area (Å²) in [5.41, 5.74) is 1.51. The third kappa shape index (κ3) is 3.42. The number of anilines is 1. The molecule has 0 fully saturated rings. The number of sulfonamides is 1. The third-order valence-corrected chi connectivity index (χ3v) is 4.68. The molecule has 2 rings (SSSR count). The first kappa shape index (κ1) is 15.1. The predicted molar refractivity (Wildman–Crippen MR) is 80.9 cm³/mol. The van der Waals surface area contributed by atoms with Gasteiger partial charge in [0.25, 0.3) is 10.0 Å². The van der Waals surface area contributed by atoms with Crippen molar-refractivity contribution in [1.29, 1.82) is 0 Å². The van der Waals surface area contributed by atoms with E-state index >= 15 is 0 Å². The second-order valence-corrected chi connectivity index (χ2v) is 6.48. The zero-order chi connectivity index (χ0) is 14.8. The fourth-order valence-corrected chi connectivity index (χ4v) is 3.38. The van der Waals surface area contributed by atoms with Gasteiger partial charge in [-0.25, -0.2) is 13.4 Å². The topological polar surface area (TPSA) is 59.1 Å². The molecule has 0 saturated heterocycles. The summed E-state index contributed by atoms with van der Waals surface area (Å²) in [5.74, 6) is 0. The van der Waals surface area contributed by atoms with Crippen LogP contribution in [0.25, 0.3) is 0 Å². The van der Waals surface area contributed by atoms with Gasteiger partial charge in [0.05, 0.1) is 0 Å². The summed E-state index contributed by atoms with van der Waals surface area (Å²) in [6.07, 6.45) is 0.818. The van der Waals surface area contributed by atoms with Crippen LogP contribution in [0.2, 0.25) is 10.3 Å². The number of rotatable bonds is 4. The van der Waals surface area contributed by atoms with Crippen LogP contribution in [0.3, 0.4) is 0 Å². The number of nitrogens with zero attached hydrogens (tertiary/aromatic N) is 1. The van der Waals surface area contributed by atoms with Gasteiger partial charge in [0.15, 0.2) is 5.15 Å². The molecule has 0 saturated carbocycles. The van der Waals surface area contributed by atoms with E-state index in [2.05, 4.69) is 9.71 Å². The van der Waals surface area contributed by atoms with Gasteiger partial charge in [-0.3, -0.25) is 4.72 Å². The van der Waals surface area contributed by atoms with Crippen LogP contribution in [0.5, 0.6) is 0 Å². The molecule has 0 unspecified atom stereocenters. The molecular formula is C13H12Cl2N2O2S. The van der Waals surface area contributed by atoms with Crippen LogP contribution in [0.4, 0.5) is 5.69 Å². The molecule has 7 heteroatoms. The normalized spacial score (nSPS) is 11.3. The Bertz CT molecular complexity index is 733. The van der Waals surface area contributed by atoms with Crippen LogP contribution in [0.1, 0.15) is 12.5 Å². The fraction of sp³-hybridized carbons (Fsp3) is 0.154. The highest BCUT2D eigenvalue weighted by Gasteiger charge is 2.19. The van der Waals surface area contributed by atoms with Crippen molar-refractivity contribution in [2.75, 3.05) is 4.72 Å². The Morgan fingerprint density at radius 2 is 1.95 bits per heavy atom. The van der Waals surface area contributed by atoms with E-state index in [9.17, 15) is 8.42 Å². The SMILES string of the molecule is CCc1cccc(NS(=O)(=O)c2ccc(Cl)nc2Cl)c1. The quantitative estimate of drug-likeness (QED) is 0.868. The first-order chi connectivity index (χ1) is 9.42. The highest BCUT2D eigenvalue weighted by molar-refractivity contribution is 7.92. The van der Waals surface area contributed by atoms with E-state index < -0.39 is 10.0 Å². The summed E-state index contributed by atoms with van der Waals surface area (Å²) >= 11 is 11.5. The third-order valence-electron chi connectivity index (χ3n) is 2.66. The van der Waals surface area contributed by atoms with Crippen LogP contribution in [-0.4, -0.2) is 13.4 Å². The number of benzene rings is 1. The molecule has 1 aromatic carbocycles. The smallest absolute Gasteiger partial charge is 0.264 e. The lowest BCUT2D eigenvalue weighted by atomic mass is 10.1. The summed E-state index contributed by atoms with van der Waals surface area (Å²) in [6.45, 7) is 1.99. The Labute approximate surface area is 127 Å². The number of nitrogens with one attached hydrogen (secondary N) is 1. The maximum absolute atomic E-state index is 12.3. The molecule has 20 heavy (non-hydrogen) atoms. The van der Waals surface area contributed by atoms with Gasteiger partial charge in [-0.2, -0.15) is 0 Å². The molecule has 2 aromatic rings. The van der Waals surface area contributed by atoms with E-state index in [4.69, 9.17) is 23.2 Å². The van der Waals surface area contributed by atoms with Crippen molar-refractivity contribution in [3.8, 4) is 0 Å². The Morgan fingerprint density at radius 3 is 2.60 bits per heavy atom. The molecule has 0 aliphatic carbocycles. The maximum Gasteiger partial charge on any atom is 0.264 e. The van der Waals surface area contributed by atoms with E-state index in [-0.39, 0.29) is 15.2 Å². The van der Waals surface area contributed by atoms with Gasteiger partial charge in [-0.15, -0.1) is 0 Å². The van der Waals surface area contributed by atoms with Crippen LogP contribution in [0.15, 0.2) is 41.3 Å². The summed E-state index contributed by atoms with van der Waals surface area (Å²) in [7, 11) is -3.79. The van der Waals surface area contributed by atoms with Gasteiger partial charge in [-0.05, 0) is 36.2 Å². The number of aromatic nitrogens is 1. The molecule has 1 heterocycles. The summed E-state index contributed by atoms with van der Waals surface area (Å²) in [4.78, 5) is 3.62. The van der Waals surface area contributed by atoms with Crippen molar-refractivity contribution in [1.82, 2.24) is 4.98 Å². The molecule has 0 bridgehead atoms. The van der Waals surface area contributed by atoms with Crippen molar-refractivity contribution in [3.05, 3.63) is 52.3 Å². The van der Waals surface area contributed by atoms with Crippen LogP contribution in [-0.2, 0) is 16.4 Å². The fourth-order valence-electron chi connectivity index (χ4n) is 1.66. The largest absolute Gasteiger partial charge is 0.280 e. The number of aryl methyl sites for hydroxylation is 1. The number of hydrogen-bond donors (Lipinski definition) is 1. The van der Waals surface area contributed by atoms with Crippen LogP contribution >= 0.6 is 23.2 Å². The van der Waals surface area contributed by atoms with E-state index in [1.807, 2.05) is 13.0 Å². The lowest BCUT2D eigenvalue weighted by Gasteiger charge is -2.10. The van der Waals surface area contributed by atoms with Gasteiger partial charge in [0.2, 0.25) is 0 Å². The van der Waals surface area contributed by atoms with Crippen molar-refractivity contribution in [2.24, 2.45) is 0 Å². The van der Waals surface area contributed by atoms with E-state index in [0.29, 0.717) is 5.69 Å². The molecular weight excluding hydrogens is 319 g/mol. The monoisotopic (exact) mass is 330 g/mol. The predicted octanol–water partition coefficient (Wildman–Crippen LogP) is 3.75. The Hall–Kier alpha value is -1.30. The van der Waals surface area contributed by atoms with Crippen LogP contribution < -0.4 is 4.72 Å². The molecule has 0 radical (unpaired) electrons. The first-order valence-electron chi connectivity index (χ1n) is 5.86. The molecule has 0 aliphatic rings. The number of hydrogen-bond acceptors (Lipinski definition) is 3. The standard InChI is InChI=1S/C13H12Cl2N2O2S/c1-2-9-4-3-5-10(8-9)17-20(18,19)11-6-7-12(14)16-13(11)15/h3-8,17H,2H2,1H3. The summed E-state index contributed by atoms with van der Waals surface area (Å²) in [5, 5.41) is -0.0152. The van der Waals surface area contributed by atoms with E-state index in [0.717, 1.165) is 12.0 Å². The lowest BCUT2D eigenvalue weighted by Crippen LogP contribution is -2.14. The number of halogens is 2. The second kappa shape index (κ2) is 5.99. The molecule has 106 valence electrons. The first-order valence-corrected chi connectivity index (χ1v) is 8.10. The molecule has 4 nitrogen and oxygen atoms in total. The zero-order valence-corrected chi connectivity index (χ0v) is 12.9. The number of pyridine rings is 1. The van der Waals surface area contributed by atoms with Crippen molar-refractivity contribution in [3.63, 3.8) is 0 Å². The van der Waals surface area contributed by atoms with Crippen LogP contribution in [0, 0.1) is 0 Å². The van der Waals surface area contributed by atoms with Crippen molar-refractivity contribution in [2.45, 2.75) is 18.2 Å². The highest BCUT2D eigenvalue weighted by Crippen LogP contribution is 2.24. The Kier molecular flexibility index (Phi) is 4.52. The minimum absolute atomic E-state index is 0.106. The molecule has 0 atom stereocenters. The van der Waals surface area contributed by atoms with E-state index in [1.54, 1.807) is 18.2 Å². The van der Waals surface area contributed by atoms with Crippen molar-refractivity contribution >= 4 is 38.9 Å². The minimum Gasteiger partial charge on any atom is -0.280 e. The highest BCUT2D eigenvalue weighted by atomic mass is 35.5. The van der Waals surface area contributed by atoms with Gasteiger partial charge >= 0.3 is 0 Å². The Balaban J connectivity index is 2.35. The second-order valence-electron chi connectivity index (χ2n) is 4.08. The Morgan fingerprint density at radius 1 is 1.20 bits per heavy atom. The minimum atomic E-state index is -3.79. The average molecular weight is 331 g/mol. The summed E-state index contributed by atoms with van der Waals surface area (Å²) < 4.78 is 27.0. The van der Waals surface area contributed by atoms with Gasteiger partial charge in [0.1, 0.15) is 10.0 Å². The van der Waals surface area contributed by atoms with E-state index in [1.165, 1.54) is 12.1 Å². The van der Waals surface area contributed by atoms with Gasteiger partial charge < -0.3 is 0 Å². The van der Waals surface area contributed by atoms with Crippen molar-refractivity contribution < 1.29 is 8.42 Å².